The Bertz CT molecular complexity index is 637. The van der Waals surface area contributed by atoms with Crippen LogP contribution in [0.15, 0.2) is 24.3 Å². The van der Waals surface area contributed by atoms with Crippen molar-refractivity contribution >= 4 is 17.8 Å². The van der Waals surface area contributed by atoms with Gasteiger partial charge in [0.25, 0.3) is 0 Å². The Kier molecular flexibility index (Phi) is 6.67. The second-order valence-electron chi connectivity index (χ2n) is 7.09. The summed E-state index contributed by atoms with van der Waals surface area (Å²) in [5, 5.41) is 14.7. The van der Waals surface area contributed by atoms with E-state index in [1.54, 1.807) is 20.8 Å². The summed E-state index contributed by atoms with van der Waals surface area (Å²) in [6.45, 7) is 7.04. The minimum Gasteiger partial charge on any atom is -0.479 e. The van der Waals surface area contributed by atoms with Crippen LogP contribution in [0.4, 0.5) is 4.39 Å². The maximum Gasteiger partial charge on any atom is 0.333 e. The predicted molar refractivity (Wildman–Crippen MR) is 91.2 cm³/mol. The van der Waals surface area contributed by atoms with Gasteiger partial charge in [-0.2, -0.15) is 0 Å². The number of aliphatic carboxylic acids is 1. The normalized spacial score (nSPS) is 13.6. The highest BCUT2D eigenvalue weighted by atomic mass is 19.1. The smallest absolute Gasteiger partial charge is 0.333 e. The summed E-state index contributed by atoms with van der Waals surface area (Å²) < 4.78 is 13.0. The van der Waals surface area contributed by atoms with E-state index in [2.05, 4.69) is 10.6 Å². The molecule has 1 aromatic carbocycles. The molecule has 0 saturated heterocycles. The van der Waals surface area contributed by atoms with Crippen LogP contribution >= 0.6 is 0 Å². The van der Waals surface area contributed by atoms with E-state index in [1.165, 1.54) is 19.1 Å². The lowest BCUT2D eigenvalue weighted by Crippen LogP contribution is -2.49. The molecule has 0 heterocycles. The summed E-state index contributed by atoms with van der Waals surface area (Å²) in [6, 6.07) is 4.94. The molecule has 0 aliphatic carbocycles. The van der Waals surface area contributed by atoms with Crippen LogP contribution in [0.5, 0.6) is 0 Å². The second kappa shape index (κ2) is 8.09. The quantitative estimate of drug-likeness (QED) is 0.656. The maximum atomic E-state index is 13.0. The van der Waals surface area contributed by atoms with Crippen molar-refractivity contribution in [3.8, 4) is 0 Å². The molecule has 1 rings (SSSR count). The molecule has 1 unspecified atom stereocenters. The lowest BCUT2D eigenvalue weighted by atomic mass is 9.91. The molecule has 0 aliphatic rings. The van der Waals surface area contributed by atoms with E-state index < -0.39 is 28.6 Å². The van der Waals surface area contributed by atoms with Crippen LogP contribution in [0.2, 0.25) is 0 Å². The number of benzene rings is 1. The van der Waals surface area contributed by atoms with Gasteiger partial charge in [-0.05, 0) is 31.0 Å². The molecule has 1 aromatic rings. The summed E-state index contributed by atoms with van der Waals surface area (Å²) in [7, 11) is 0. The summed E-state index contributed by atoms with van der Waals surface area (Å²) in [5.41, 5.74) is -1.89. The number of nitrogens with one attached hydrogen (secondary N) is 2. The van der Waals surface area contributed by atoms with Gasteiger partial charge in [0, 0.05) is 18.4 Å². The van der Waals surface area contributed by atoms with Crippen molar-refractivity contribution in [1.29, 1.82) is 0 Å². The topological polar surface area (TPSA) is 95.5 Å². The molecular weight excluding hydrogens is 327 g/mol. The van der Waals surface area contributed by atoms with Crippen LogP contribution in [0.3, 0.4) is 0 Å². The van der Waals surface area contributed by atoms with Crippen molar-refractivity contribution in [1.82, 2.24) is 10.6 Å². The zero-order chi connectivity index (χ0) is 19.3. The average Bonchev–Trinajstić information content (AvgIpc) is 2.50. The fourth-order valence-corrected chi connectivity index (χ4v) is 2.09. The molecule has 0 aromatic heterocycles. The molecule has 138 valence electrons. The van der Waals surface area contributed by atoms with E-state index in [0.29, 0.717) is 13.0 Å². The number of carbonyl (C=O) groups excluding carboxylic acids is 2. The Morgan fingerprint density at radius 1 is 1.08 bits per heavy atom. The van der Waals surface area contributed by atoms with Gasteiger partial charge in [0.2, 0.25) is 11.8 Å². The molecule has 7 heteroatoms. The van der Waals surface area contributed by atoms with E-state index in [0.717, 1.165) is 12.1 Å². The van der Waals surface area contributed by atoms with Crippen molar-refractivity contribution in [2.45, 2.75) is 46.1 Å². The zero-order valence-corrected chi connectivity index (χ0v) is 15.0. The zero-order valence-electron chi connectivity index (χ0n) is 15.0. The average molecular weight is 352 g/mol. The number of carbonyl (C=O) groups is 3. The van der Waals surface area contributed by atoms with Gasteiger partial charge < -0.3 is 15.7 Å². The molecule has 2 amide bonds. The molecule has 25 heavy (non-hydrogen) atoms. The lowest BCUT2D eigenvalue weighted by Gasteiger charge is -2.27. The standard InChI is InChI=1S/C18H25FN2O4/c1-17(2,3)15(23)20-11-5-6-14(22)21-18(4,16(24)25)12-7-9-13(19)10-8-12/h7-10H,5-6,11H2,1-4H3,(H,20,23)(H,21,22)(H,24,25). The van der Waals surface area contributed by atoms with Crippen molar-refractivity contribution in [2.24, 2.45) is 5.41 Å². The minimum atomic E-state index is -1.65. The van der Waals surface area contributed by atoms with Gasteiger partial charge in [0.1, 0.15) is 5.82 Å². The number of halogens is 1. The number of hydrogen-bond donors (Lipinski definition) is 3. The van der Waals surface area contributed by atoms with Crippen molar-refractivity contribution in [3.05, 3.63) is 35.6 Å². The van der Waals surface area contributed by atoms with E-state index >= 15 is 0 Å². The molecule has 0 bridgehead atoms. The third kappa shape index (κ3) is 5.85. The minimum absolute atomic E-state index is 0.0640. The number of rotatable bonds is 7. The first-order chi connectivity index (χ1) is 11.5. The highest BCUT2D eigenvalue weighted by Gasteiger charge is 2.36. The van der Waals surface area contributed by atoms with Gasteiger partial charge in [-0.1, -0.05) is 32.9 Å². The van der Waals surface area contributed by atoms with Gasteiger partial charge >= 0.3 is 5.97 Å². The first-order valence-corrected chi connectivity index (χ1v) is 8.05. The van der Waals surface area contributed by atoms with E-state index in [1.807, 2.05) is 0 Å². The highest BCUT2D eigenvalue weighted by molar-refractivity contribution is 5.87. The molecule has 0 aliphatic heterocycles. The number of carboxylic acids is 1. The van der Waals surface area contributed by atoms with Crippen LogP contribution in [-0.2, 0) is 19.9 Å². The van der Waals surface area contributed by atoms with Gasteiger partial charge in [0.15, 0.2) is 5.54 Å². The summed E-state index contributed by atoms with van der Waals surface area (Å²) >= 11 is 0. The summed E-state index contributed by atoms with van der Waals surface area (Å²) in [6.07, 6.45) is 0.446. The van der Waals surface area contributed by atoms with Gasteiger partial charge in [0.05, 0.1) is 0 Å². The van der Waals surface area contributed by atoms with E-state index in [9.17, 15) is 23.9 Å². The molecular formula is C18H25FN2O4. The maximum absolute atomic E-state index is 13.0. The van der Waals surface area contributed by atoms with E-state index in [-0.39, 0.29) is 17.9 Å². The fourth-order valence-electron chi connectivity index (χ4n) is 2.09. The third-order valence-corrected chi connectivity index (χ3v) is 3.79. The van der Waals surface area contributed by atoms with Crippen LogP contribution in [0.25, 0.3) is 0 Å². The van der Waals surface area contributed by atoms with Gasteiger partial charge in [-0.3, -0.25) is 9.59 Å². The Morgan fingerprint density at radius 3 is 2.12 bits per heavy atom. The molecule has 3 N–H and O–H groups in total. The monoisotopic (exact) mass is 352 g/mol. The third-order valence-electron chi connectivity index (χ3n) is 3.79. The molecule has 0 spiro atoms. The molecule has 0 radical (unpaired) electrons. The second-order valence-corrected chi connectivity index (χ2v) is 7.09. The lowest BCUT2D eigenvalue weighted by molar-refractivity contribution is -0.147. The Hall–Kier alpha value is -2.44. The number of carboxylic acid groups (broad SMARTS) is 1. The fraction of sp³-hybridized carbons (Fsp3) is 0.500. The Morgan fingerprint density at radius 2 is 1.64 bits per heavy atom. The Labute approximate surface area is 146 Å². The molecule has 0 saturated carbocycles. The number of hydrogen-bond acceptors (Lipinski definition) is 3. The van der Waals surface area contributed by atoms with Crippen molar-refractivity contribution in [2.75, 3.05) is 6.54 Å². The van der Waals surface area contributed by atoms with Gasteiger partial charge in [-0.25, -0.2) is 9.18 Å². The SMILES string of the molecule is CC(C)(C)C(=O)NCCCC(=O)NC(C)(C(=O)O)c1ccc(F)cc1. The van der Waals surface area contributed by atoms with Crippen LogP contribution in [0, 0.1) is 11.2 Å². The molecule has 6 nitrogen and oxygen atoms in total. The highest BCUT2D eigenvalue weighted by Crippen LogP contribution is 2.22. The van der Waals surface area contributed by atoms with Gasteiger partial charge in [-0.15, -0.1) is 0 Å². The van der Waals surface area contributed by atoms with Crippen molar-refractivity contribution < 1.29 is 23.9 Å². The van der Waals surface area contributed by atoms with Crippen LogP contribution in [0.1, 0.15) is 46.1 Å². The molecule has 0 fully saturated rings. The number of amides is 2. The predicted octanol–water partition coefficient (Wildman–Crippen LogP) is 2.18. The van der Waals surface area contributed by atoms with Crippen LogP contribution in [-0.4, -0.2) is 29.4 Å². The van der Waals surface area contributed by atoms with Crippen molar-refractivity contribution in [3.63, 3.8) is 0 Å². The Balaban J connectivity index is 2.62. The largest absolute Gasteiger partial charge is 0.479 e. The summed E-state index contributed by atoms with van der Waals surface area (Å²) in [4.78, 5) is 35.4. The van der Waals surface area contributed by atoms with Crippen LogP contribution < -0.4 is 10.6 Å². The first-order valence-electron chi connectivity index (χ1n) is 8.05. The molecule has 1 atom stereocenters. The summed E-state index contributed by atoms with van der Waals surface area (Å²) in [5.74, 6) is -2.31. The first kappa shape index (κ1) is 20.6. The van der Waals surface area contributed by atoms with E-state index in [4.69, 9.17) is 0 Å².